The van der Waals surface area contributed by atoms with Crippen LogP contribution < -0.4 is 4.72 Å². The Hall–Kier alpha value is -0.220. The summed E-state index contributed by atoms with van der Waals surface area (Å²) in [4.78, 5) is 0. The Morgan fingerprint density at radius 2 is 2.00 bits per heavy atom. The highest BCUT2D eigenvalue weighted by Gasteiger charge is 2.40. The Labute approximate surface area is 101 Å². The number of sulfone groups is 1. The number of ether oxygens (including phenoxy) is 1. The number of rotatable bonds is 5. The van der Waals surface area contributed by atoms with Crippen LogP contribution in [0.4, 0.5) is 0 Å². The molecule has 1 aliphatic rings. The second-order valence-corrected chi connectivity index (χ2v) is 8.66. The van der Waals surface area contributed by atoms with E-state index in [0.29, 0.717) is 13.0 Å². The summed E-state index contributed by atoms with van der Waals surface area (Å²) in [5.74, 6) is 0. The highest BCUT2D eigenvalue weighted by atomic mass is 32.3. The molecule has 0 radical (unpaired) electrons. The van der Waals surface area contributed by atoms with Gasteiger partial charge in [0.25, 0.3) is 0 Å². The Bertz CT molecular complexity index is 470. The van der Waals surface area contributed by atoms with Crippen LogP contribution in [0.1, 0.15) is 13.3 Å². The molecule has 2 unspecified atom stereocenters. The van der Waals surface area contributed by atoms with Crippen LogP contribution in [0.25, 0.3) is 0 Å². The maximum atomic E-state index is 11.4. The minimum atomic E-state index is -3.94. The fourth-order valence-corrected chi connectivity index (χ4v) is 4.62. The fourth-order valence-electron chi connectivity index (χ4n) is 1.56. The van der Waals surface area contributed by atoms with Gasteiger partial charge in [0.2, 0.25) is 10.0 Å². The van der Waals surface area contributed by atoms with Crippen molar-refractivity contribution >= 4 is 19.9 Å². The van der Waals surface area contributed by atoms with E-state index in [1.807, 2.05) is 0 Å². The van der Waals surface area contributed by atoms with E-state index in [9.17, 15) is 21.9 Å². The van der Waals surface area contributed by atoms with Gasteiger partial charge in [0.15, 0.2) is 14.9 Å². The third-order valence-electron chi connectivity index (χ3n) is 2.63. The monoisotopic (exact) mass is 287 g/mol. The van der Waals surface area contributed by atoms with Crippen LogP contribution in [0.5, 0.6) is 0 Å². The average molecular weight is 287 g/mol. The Kier molecular flexibility index (Phi) is 4.20. The number of hydrogen-bond acceptors (Lipinski definition) is 6. The quantitative estimate of drug-likeness (QED) is 0.633. The molecule has 1 fully saturated rings. The Balaban J connectivity index is 2.62. The maximum absolute atomic E-state index is 11.4. The van der Waals surface area contributed by atoms with E-state index in [1.165, 1.54) is 0 Å². The smallest absolute Gasteiger partial charge is 0.226 e. The summed E-state index contributed by atoms with van der Waals surface area (Å²) in [6.45, 7) is 1.75. The van der Waals surface area contributed by atoms with Gasteiger partial charge in [-0.3, -0.25) is 0 Å². The van der Waals surface area contributed by atoms with E-state index >= 15 is 0 Å². The predicted octanol–water partition coefficient (Wildman–Crippen LogP) is -1.55. The molecule has 7 nitrogen and oxygen atoms in total. The first-order valence-corrected chi connectivity index (χ1v) is 8.74. The fraction of sp³-hybridized carbons (Fsp3) is 1.00. The zero-order chi connectivity index (χ0) is 13.3. The summed E-state index contributed by atoms with van der Waals surface area (Å²) < 4.78 is 51.8. The molecule has 0 amide bonds. The number of sulfonamides is 1. The van der Waals surface area contributed by atoms with Crippen molar-refractivity contribution in [1.29, 1.82) is 0 Å². The number of aliphatic hydroxyl groups is 1. The molecule has 2 N–H and O–H groups in total. The van der Waals surface area contributed by atoms with Crippen LogP contribution in [0.15, 0.2) is 0 Å². The summed E-state index contributed by atoms with van der Waals surface area (Å²) >= 11 is 0. The van der Waals surface area contributed by atoms with Crippen molar-refractivity contribution < 1.29 is 26.7 Å². The second-order valence-electron chi connectivity index (χ2n) is 4.35. The molecule has 0 aromatic rings. The lowest BCUT2D eigenvalue weighted by atomic mass is 9.97. The lowest BCUT2D eigenvalue weighted by Crippen LogP contribution is -2.48. The highest BCUT2D eigenvalue weighted by Crippen LogP contribution is 2.24. The highest BCUT2D eigenvalue weighted by molar-refractivity contribution is 8.06. The molecule has 0 aromatic carbocycles. The van der Waals surface area contributed by atoms with Crippen molar-refractivity contribution in [2.45, 2.75) is 25.0 Å². The summed E-state index contributed by atoms with van der Waals surface area (Å²) in [6, 6.07) is 0. The summed E-state index contributed by atoms with van der Waals surface area (Å²) in [6.07, 6.45) is 0.668. The standard InChI is InChI=1S/C8H17NO6S2/c1-7-8(10,3-4-15-7)5-9-17(13,14)6-16(2,11)12/h7,9-10H,3-6H2,1-2H3. The van der Waals surface area contributed by atoms with Gasteiger partial charge in [-0.2, -0.15) is 0 Å². The summed E-state index contributed by atoms with van der Waals surface area (Å²) in [5, 5.41) is 9.04. The largest absolute Gasteiger partial charge is 0.386 e. The van der Waals surface area contributed by atoms with Crippen molar-refractivity contribution in [3.05, 3.63) is 0 Å². The SMILES string of the molecule is CC1OCCC1(O)CNS(=O)(=O)CS(C)(=O)=O. The van der Waals surface area contributed by atoms with E-state index in [0.717, 1.165) is 6.26 Å². The topological polar surface area (TPSA) is 110 Å². The van der Waals surface area contributed by atoms with Crippen molar-refractivity contribution in [1.82, 2.24) is 4.72 Å². The predicted molar refractivity (Wildman–Crippen MR) is 61.6 cm³/mol. The number of hydrogen-bond donors (Lipinski definition) is 2. The first-order chi connectivity index (χ1) is 7.54. The molecule has 1 rings (SSSR count). The minimum absolute atomic E-state index is 0.244. The minimum Gasteiger partial charge on any atom is -0.386 e. The van der Waals surface area contributed by atoms with E-state index in [-0.39, 0.29) is 6.54 Å². The molecule has 2 atom stereocenters. The average Bonchev–Trinajstić information content (AvgIpc) is 2.41. The molecule has 9 heteroatoms. The van der Waals surface area contributed by atoms with Gasteiger partial charge in [-0.1, -0.05) is 0 Å². The maximum Gasteiger partial charge on any atom is 0.226 e. The van der Waals surface area contributed by atoms with Gasteiger partial charge in [-0.15, -0.1) is 0 Å². The van der Waals surface area contributed by atoms with Crippen LogP contribution in [0.3, 0.4) is 0 Å². The van der Waals surface area contributed by atoms with Gasteiger partial charge >= 0.3 is 0 Å². The first-order valence-electron chi connectivity index (χ1n) is 5.03. The van der Waals surface area contributed by atoms with Gasteiger partial charge in [-0.05, 0) is 6.92 Å². The molecule has 0 spiro atoms. The van der Waals surface area contributed by atoms with Crippen LogP contribution >= 0.6 is 0 Å². The molecule has 1 heterocycles. The van der Waals surface area contributed by atoms with Crippen molar-refractivity contribution in [2.75, 3.05) is 24.5 Å². The Morgan fingerprint density at radius 1 is 1.41 bits per heavy atom. The van der Waals surface area contributed by atoms with Gasteiger partial charge in [0.1, 0.15) is 5.60 Å². The summed E-state index contributed by atoms with van der Waals surface area (Å²) in [5.41, 5.74) is -1.27. The van der Waals surface area contributed by atoms with Crippen LogP contribution in [-0.2, 0) is 24.6 Å². The van der Waals surface area contributed by atoms with E-state index in [4.69, 9.17) is 4.74 Å². The lowest BCUT2D eigenvalue weighted by molar-refractivity contribution is -0.0228. The molecule has 0 aliphatic carbocycles. The van der Waals surface area contributed by atoms with Crippen molar-refractivity contribution in [3.8, 4) is 0 Å². The van der Waals surface area contributed by atoms with E-state index < -0.39 is 36.7 Å². The van der Waals surface area contributed by atoms with Gasteiger partial charge in [0, 0.05) is 25.8 Å². The van der Waals surface area contributed by atoms with Crippen LogP contribution in [-0.4, -0.2) is 58.1 Å². The molecular weight excluding hydrogens is 270 g/mol. The zero-order valence-electron chi connectivity index (χ0n) is 9.71. The van der Waals surface area contributed by atoms with Gasteiger partial charge in [-0.25, -0.2) is 21.6 Å². The third kappa shape index (κ3) is 4.51. The molecular formula is C8H17NO6S2. The molecule has 0 bridgehead atoms. The Morgan fingerprint density at radius 3 is 2.41 bits per heavy atom. The molecule has 17 heavy (non-hydrogen) atoms. The van der Waals surface area contributed by atoms with Crippen molar-refractivity contribution in [2.24, 2.45) is 0 Å². The third-order valence-corrected chi connectivity index (χ3v) is 6.16. The molecule has 1 aliphatic heterocycles. The summed E-state index contributed by atoms with van der Waals surface area (Å²) in [7, 11) is -7.57. The van der Waals surface area contributed by atoms with Gasteiger partial charge < -0.3 is 9.84 Å². The molecule has 0 saturated carbocycles. The van der Waals surface area contributed by atoms with Crippen LogP contribution in [0, 0.1) is 0 Å². The number of nitrogens with one attached hydrogen (secondary N) is 1. The zero-order valence-corrected chi connectivity index (χ0v) is 11.3. The second kappa shape index (κ2) is 4.81. The molecule has 0 aromatic heterocycles. The van der Waals surface area contributed by atoms with E-state index in [2.05, 4.69) is 4.72 Å². The normalized spacial score (nSPS) is 30.6. The van der Waals surface area contributed by atoms with Crippen LogP contribution in [0.2, 0.25) is 0 Å². The van der Waals surface area contributed by atoms with Gasteiger partial charge in [0.05, 0.1) is 6.10 Å². The van der Waals surface area contributed by atoms with Crippen molar-refractivity contribution in [3.63, 3.8) is 0 Å². The lowest BCUT2D eigenvalue weighted by Gasteiger charge is -2.25. The molecule has 102 valence electrons. The van der Waals surface area contributed by atoms with E-state index in [1.54, 1.807) is 6.92 Å². The molecule has 1 saturated heterocycles. The first kappa shape index (κ1) is 14.8.